The van der Waals surface area contributed by atoms with Crippen molar-refractivity contribution in [1.82, 2.24) is 14.9 Å². The zero-order valence-corrected chi connectivity index (χ0v) is 11.7. The van der Waals surface area contributed by atoms with Crippen molar-refractivity contribution >= 4 is 0 Å². The minimum atomic E-state index is 0.237. The fraction of sp³-hybridized carbons (Fsp3) is 0.733. The Kier molecular flexibility index (Phi) is 3.69. The highest BCUT2D eigenvalue weighted by Gasteiger charge is 2.20. The molecule has 104 valence electrons. The first-order valence-electron chi connectivity index (χ1n) is 7.55. The average molecular weight is 261 g/mol. The molecule has 1 aromatic rings. The first-order valence-corrected chi connectivity index (χ1v) is 7.55. The summed E-state index contributed by atoms with van der Waals surface area (Å²) in [4.78, 5) is 17.3. The van der Waals surface area contributed by atoms with Crippen LogP contribution in [0.1, 0.15) is 42.8 Å². The lowest BCUT2D eigenvalue weighted by Crippen LogP contribution is -2.36. The van der Waals surface area contributed by atoms with Crippen molar-refractivity contribution in [2.24, 2.45) is 5.92 Å². The average Bonchev–Trinajstić information content (AvgIpc) is 2.45. The van der Waals surface area contributed by atoms with Crippen LogP contribution in [-0.2, 0) is 19.4 Å². The topological polar surface area (TPSA) is 46.9 Å². The molecule has 1 aliphatic carbocycles. The molecule has 3 rings (SSSR count). The molecule has 1 N–H and O–H groups in total. The van der Waals surface area contributed by atoms with Crippen LogP contribution in [0.25, 0.3) is 0 Å². The van der Waals surface area contributed by atoms with E-state index in [9.17, 15) is 4.79 Å². The fourth-order valence-corrected chi connectivity index (χ4v) is 3.35. The highest BCUT2D eigenvalue weighted by atomic mass is 16.1. The quantitative estimate of drug-likeness (QED) is 0.876. The van der Waals surface area contributed by atoms with E-state index < -0.39 is 0 Å². The van der Waals surface area contributed by atoms with Gasteiger partial charge in [-0.1, -0.05) is 0 Å². The summed E-state index contributed by atoms with van der Waals surface area (Å²) >= 11 is 0. The third-order valence-electron chi connectivity index (χ3n) is 4.53. The van der Waals surface area contributed by atoms with Crippen molar-refractivity contribution < 1.29 is 0 Å². The first-order chi connectivity index (χ1) is 9.25. The molecule has 1 aliphatic heterocycles. The second-order valence-electron chi connectivity index (χ2n) is 5.90. The summed E-state index contributed by atoms with van der Waals surface area (Å²) in [6.45, 7) is 5.00. The van der Waals surface area contributed by atoms with E-state index in [1.807, 2.05) is 11.5 Å². The van der Waals surface area contributed by atoms with Gasteiger partial charge in [0.2, 0.25) is 0 Å². The molecule has 19 heavy (non-hydrogen) atoms. The van der Waals surface area contributed by atoms with Crippen molar-refractivity contribution in [3.05, 3.63) is 27.4 Å². The molecule has 1 aromatic heterocycles. The van der Waals surface area contributed by atoms with Crippen LogP contribution < -0.4 is 10.9 Å². The molecule has 0 amide bonds. The molecule has 0 atom stereocenters. The Balaban J connectivity index is 1.90. The van der Waals surface area contributed by atoms with Crippen LogP contribution in [0.4, 0.5) is 0 Å². The Bertz CT molecular complexity index is 515. The maximum absolute atomic E-state index is 12.6. The van der Waals surface area contributed by atoms with Gasteiger partial charge in [-0.3, -0.25) is 9.36 Å². The summed E-state index contributed by atoms with van der Waals surface area (Å²) in [7, 11) is 0. The van der Waals surface area contributed by atoms with Gasteiger partial charge < -0.3 is 5.32 Å². The van der Waals surface area contributed by atoms with Gasteiger partial charge in [0.1, 0.15) is 5.82 Å². The van der Waals surface area contributed by atoms with Gasteiger partial charge in [-0.15, -0.1) is 0 Å². The van der Waals surface area contributed by atoms with E-state index in [2.05, 4.69) is 10.3 Å². The maximum Gasteiger partial charge on any atom is 0.256 e. The number of nitrogens with zero attached hydrogens (tertiary/aromatic N) is 2. The molecular weight excluding hydrogens is 238 g/mol. The van der Waals surface area contributed by atoms with Crippen LogP contribution in [0, 0.1) is 12.8 Å². The van der Waals surface area contributed by atoms with Gasteiger partial charge in [-0.2, -0.15) is 0 Å². The third kappa shape index (κ3) is 2.59. The van der Waals surface area contributed by atoms with Crippen LogP contribution in [0.5, 0.6) is 0 Å². The normalized spacial score (nSPS) is 20.3. The standard InChI is InChI=1S/C15H23N3O/c1-11-17-14-5-3-2-4-13(14)15(19)18(11)10-12-6-8-16-9-7-12/h12,16H,2-10H2,1H3. The van der Waals surface area contributed by atoms with Crippen LogP contribution in [0.2, 0.25) is 0 Å². The van der Waals surface area contributed by atoms with E-state index in [0.717, 1.165) is 56.0 Å². The molecule has 0 aromatic carbocycles. The molecule has 4 nitrogen and oxygen atoms in total. The van der Waals surface area contributed by atoms with Gasteiger partial charge in [-0.25, -0.2) is 4.98 Å². The highest BCUT2D eigenvalue weighted by molar-refractivity contribution is 5.21. The number of aryl methyl sites for hydroxylation is 2. The summed E-state index contributed by atoms with van der Waals surface area (Å²) in [5, 5.41) is 3.38. The Hall–Kier alpha value is -1.16. The number of nitrogens with one attached hydrogen (secondary N) is 1. The number of hydrogen-bond donors (Lipinski definition) is 1. The predicted octanol–water partition coefficient (Wildman–Crippen LogP) is 1.43. The monoisotopic (exact) mass is 261 g/mol. The largest absolute Gasteiger partial charge is 0.317 e. The fourth-order valence-electron chi connectivity index (χ4n) is 3.35. The molecule has 0 spiro atoms. The van der Waals surface area contributed by atoms with Gasteiger partial charge in [-0.05, 0) is 64.5 Å². The number of fused-ring (bicyclic) bond motifs is 1. The molecule has 0 radical (unpaired) electrons. The van der Waals surface area contributed by atoms with Crippen molar-refractivity contribution in [3.8, 4) is 0 Å². The summed E-state index contributed by atoms with van der Waals surface area (Å²) in [5.74, 6) is 1.53. The number of aromatic nitrogens is 2. The number of rotatable bonds is 2. The molecular formula is C15H23N3O. The molecule has 4 heteroatoms. The van der Waals surface area contributed by atoms with Crippen molar-refractivity contribution in [1.29, 1.82) is 0 Å². The second kappa shape index (κ2) is 5.45. The summed E-state index contributed by atoms with van der Waals surface area (Å²) in [5.41, 5.74) is 2.29. The van der Waals surface area contributed by atoms with Gasteiger partial charge in [0.25, 0.3) is 5.56 Å². The van der Waals surface area contributed by atoms with Gasteiger partial charge in [0.15, 0.2) is 0 Å². The van der Waals surface area contributed by atoms with Crippen LogP contribution in [-0.4, -0.2) is 22.6 Å². The van der Waals surface area contributed by atoms with Crippen molar-refractivity contribution in [3.63, 3.8) is 0 Å². The third-order valence-corrected chi connectivity index (χ3v) is 4.53. The smallest absolute Gasteiger partial charge is 0.256 e. The van der Waals surface area contributed by atoms with Gasteiger partial charge >= 0.3 is 0 Å². The lowest BCUT2D eigenvalue weighted by atomic mass is 9.96. The zero-order chi connectivity index (χ0) is 13.2. The molecule has 0 bridgehead atoms. The predicted molar refractivity (Wildman–Crippen MR) is 75.5 cm³/mol. The maximum atomic E-state index is 12.6. The summed E-state index contributed by atoms with van der Waals surface area (Å²) < 4.78 is 1.93. The van der Waals surface area contributed by atoms with Crippen molar-refractivity contribution in [2.45, 2.75) is 52.0 Å². The van der Waals surface area contributed by atoms with Crippen LogP contribution >= 0.6 is 0 Å². The molecule has 2 aliphatic rings. The van der Waals surface area contributed by atoms with E-state index in [-0.39, 0.29) is 5.56 Å². The molecule has 2 heterocycles. The Labute approximate surface area is 114 Å². The Morgan fingerprint density at radius 2 is 2.00 bits per heavy atom. The summed E-state index contributed by atoms with van der Waals surface area (Å²) in [6, 6.07) is 0. The minimum absolute atomic E-state index is 0.237. The van der Waals surface area contributed by atoms with E-state index in [1.165, 1.54) is 19.3 Å². The molecule has 1 saturated heterocycles. The minimum Gasteiger partial charge on any atom is -0.317 e. The number of hydrogen-bond acceptors (Lipinski definition) is 3. The second-order valence-corrected chi connectivity index (χ2v) is 5.90. The molecule has 0 unspecified atom stereocenters. The van der Waals surface area contributed by atoms with E-state index in [0.29, 0.717) is 5.92 Å². The first kappa shape index (κ1) is 12.9. The highest BCUT2D eigenvalue weighted by Crippen LogP contribution is 2.18. The van der Waals surface area contributed by atoms with Crippen molar-refractivity contribution in [2.75, 3.05) is 13.1 Å². The Morgan fingerprint density at radius 1 is 1.26 bits per heavy atom. The van der Waals surface area contributed by atoms with Gasteiger partial charge in [0, 0.05) is 12.1 Å². The summed E-state index contributed by atoms with van der Waals surface area (Å²) in [6.07, 6.45) is 6.57. The zero-order valence-electron chi connectivity index (χ0n) is 11.7. The van der Waals surface area contributed by atoms with Crippen LogP contribution in [0.15, 0.2) is 4.79 Å². The molecule has 0 saturated carbocycles. The molecule has 1 fully saturated rings. The number of piperidine rings is 1. The lowest BCUT2D eigenvalue weighted by Gasteiger charge is -2.25. The SMILES string of the molecule is Cc1nc2c(c(=O)n1CC1CCNCC1)CCCC2. The van der Waals surface area contributed by atoms with E-state index >= 15 is 0 Å². The Morgan fingerprint density at radius 3 is 2.79 bits per heavy atom. The van der Waals surface area contributed by atoms with Gasteiger partial charge in [0.05, 0.1) is 5.69 Å². The van der Waals surface area contributed by atoms with E-state index in [1.54, 1.807) is 0 Å². The van der Waals surface area contributed by atoms with Crippen LogP contribution in [0.3, 0.4) is 0 Å². The lowest BCUT2D eigenvalue weighted by molar-refractivity contribution is 0.324. The van der Waals surface area contributed by atoms with E-state index in [4.69, 9.17) is 0 Å².